The molecule has 0 spiro atoms. The first-order valence-corrected chi connectivity index (χ1v) is 7.16. The highest BCUT2D eigenvalue weighted by Crippen LogP contribution is 2.23. The minimum Gasteiger partial charge on any atom is -0.353 e. The number of nitrogens with zero attached hydrogens (tertiary/aromatic N) is 1. The topological polar surface area (TPSA) is 32.3 Å². The number of carbonyl (C=O) groups is 1. The summed E-state index contributed by atoms with van der Waals surface area (Å²) in [6, 6.07) is 4.36. The van der Waals surface area contributed by atoms with Crippen LogP contribution in [0, 0.1) is 0 Å². The number of alkyl halides is 1. The molecule has 1 rings (SSSR count). The molecule has 0 radical (unpaired) electrons. The Kier molecular flexibility index (Phi) is 5.16. The molecule has 17 heavy (non-hydrogen) atoms. The summed E-state index contributed by atoms with van der Waals surface area (Å²) in [6.07, 6.45) is 0. The van der Waals surface area contributed by atoms with Crippen LogP contribution in [0.4, 0.5) is 0 Å². The quantitative estimate of drug-likeness (QED) is 0.846. The van der Waals surface area contributed by atoms with Crippen LogP contribution < -0.4 is 5.32 Å². The van der Waals surface area contributed by atoms with Gasteiger partial charge in [-0.1, -0.05) is 22.0 Å². The molecule has 96 valence electrons. The molecule has 1 N–H and O–H groups in total. The Balaban J connectivity index is 2.61. The maximum Gasteiger partial charge on any atom is 0.236 e. The molecule has 1 heterocycles. The first-order valence-electron chi connectivity index (χ1n) is 5.49. The monoisotopic (exact) mass is 318 g/mol. The standard InChI is InChI=1S/C12H19BrN2OS/c1-12(2,13)11(16)14-8-9(15(3)4)10-6-5-7-17-10/h5-7,9H,8H2,1-4H3,(H,14,16). The molecule has 0 bridgehead atoms. The smallest absolute Gasteiger partial charge is 0.236 e. The molecule has 0 aliphatic rings. The van der Waals surface area contributed by atoms with Crippen LogP contribution in [0.2, 0.25) is 0 Å². The number of nitrogens with one attached hydrogen (secondary N) is 1. The fourth-order valence-corrected chi connectivity index (χ4v) is 2.48. The Morgan fingerprint density at radius 1 is 1.59 bits per heavy atom. The van der Waals surface area contributed by atoms with Gasteiger partial charge in [-0.15, -0.1) is 11.3 Å². The lowest BCUT2D eigenvalue weighted by Crippen LogP contribution is -2.41. The third-order valence-corrected chi connectivity index (χ3v) is 3.82. The maximum atomic E-state index is 11.8. The SMILES string of the molecule is CN(C)C(CNC(=O)C(C)(C)Br)c1cccs1. The first-order chi connectivity index (χ1) is 7.82. The largest absolute Gasteiger partial charge is 0.353 e. The molecule has 0 fully saturated rings. The molecule has 0 aliphatic heterocycles. The minimum absolute atomic E-state index is 0.0147. The van der Waals surface area contributed by atoms with E-state index in [4.69, 9.17) is 0 Å². The highest BCUT2D eigenvalue weighted by Gasteiger charge is 2.25. The van der Waals surface area contributed by atoms with Gasteiger partial charge in [0, 0.05) is 11.4 Å². The molecule has 0 aromatic carbocycles. The van der Waals surface area contributed by atoms with E-state index in [2.05, 4.69) is 37.6 Å². The van der Waals surface area contributed by atoms with Crippen molar-refractivity contribution < 1.29 is 4.79 Å². The van der Waals surface area contributed by atoms with Crippen molar-refractivity contribution in [2.24, 2.45) is 0 Å². The molecule has 1 aromatic heterocycles. The average molecular weight is 319 g/mol. The van der Waals surface area contributed by atoms with Crippen LogP contribution in [-0.2, 0) is 4.79 Å². The van der Waals surface area contributed by atoms with Gasteiger partial charge in [0.2, 0.25) is 5.91 Å². The van der Waals surface area contributed by atoms with Gasteiger partial charge < -0.3 is 10.2 Å². The lowest BCUT2D eigenvalue weighted by Gasteiger charge is -2.25. The summed E-state index contributed by atoms with van der Waals surface area (Å²) >= 11 is 5.07. The summed E-state index contributed by atoms with van der Waals surface area (Å²) in [5, 5.41) is 5.03. The maximum absolute atomic E-state index is 11.8. The van der Waals surface area contributed by atoms with Gasteiger partial charge >= 0.3 is 0 Å². The summed E-state index contributed by atoms with van der Waals surface area (Å²) in [4.78, 5) is 15.2. The number of halogens is 1. The van der Waals surface area contributed by atoms with Gasteiger partial charge in [-0.25, -0.2) is 0 Å². The summed E-state index contributed by atoms with van der Waals surface area (Å²) < 4.78 is -0.515. The Hall–Kier alpha value is -0.390. The number of rotatable bonds is 5. The molecular formula is C12H19BrN2OS. The predicted molar refractivity (Wildman–Crippen MR) is 76.8 cm³/mol. The van der Waals surface area contributed by atoms with Crippen LogP contribution in [0.3, 0.4) is 0 Å². The van der Waals surface area contributed by atoms with Crippen molar-refractivity contribution in [2.45, 2.75) is 24.2 Å². The number of likely N-dealkylation sites (N-methyl/N-ethyl adjacent to an activating group) is 1. The van der Waals surface area contributed by atoms with Crippen molar-refractivity contribution in [2.75, 3.05) is 20.6 Å². The van der Waals surface area contributed by atoms with Crippen LogP contribution in [0.25, 0.3) is 0 Å². The van der Waals surface area contributed by atoms with Crippen molar-refractivity contribution in [3.63, 3.8) is 0 Å². The lowest BCUT2D eigenvalue weighted by atomic mass is 10.2. The fourth-order valence-electron chi connectivity index (χ4n) is 1.42. The Morgan fingerprint density at radius 3 is 2.65 bits per heavy atom. The molecule has 5 heteroatoms. The van der Waals surface area contributed by atoms with Crippen molar-refractivity contribution in [1.29, 1.82) is 0 Å². The third-order valence-electron chi connectivity index (χ3n) is 2.49. The summed E-state index contributed by atoms with van der Waals surface area (Å²) in [5.41, 5.74) is 0. The van der Waals surface area contributed by atoms with Crippen LogP contribution in [0.15, 0.2) is 17.5 Å². The van der Waals surface area contributed by atoms with E-state index in [9.17, 15) is 4.79 Å². The van der Waals surface area contributed by atoms with Crippen LogP contribution >= 0.6 is 27.3 Å². The minimum atomic E-state index is -0.515. The van der Waals surface area contributed by atoms with Gasteiger partial charge in [0.1, 0.15) is 0 Å². The second kappa shape index (κ2) is 5.98. The number of carbonyl (C=O) groups excluding carboxylic acids is 1. The van der Waals surface area contributed by atoms with E-state index in [1.165, 1.54) is 4.88 Å². The summed E-state index contributed by atoms with van der Waals surface area (Å²) in [7, 11) is 4.05. The number of amides is 1. The molecule has 3 nitrogen and oxygen atoms in total. The highest BCUT2D eigenvalue weighted by atomic mass is 79.9. The van der Waals surface area contributed by atoms with E-state index in [-0.39, 0.29) is 11.9 Å². The van der Waals surface area contributed by atoms with Gasteiger partial charge in [0.15, 0.2) is 0 Å². The zero-order valence-electron chi connectivity index (χ0n) is 10.7. The van der Waals surface area contributed by atoms with E-state index >= 15 is 0 Å². The molecule has 1 aromatic rings. The zero-order valence-corrected chi connectivity index (χ0v) is 13.1. The molecule has 1 amide bonds. The van der Waals surface area contributed by atoms with Crippen LogP contribution in [0.5, 0.6) is 0 Å². The first kappa shape index (κ1) is 14.7. The summed E-state index contributed by atoms with van der Waals surface area (Å²) in [6.45, 7) is 4.32. The van der Waals surface area contributed by atoms with Crippen molar-refractivity contribution >= 4 is 33.2 Å². The van der Waals surface area contributed by atoms with Gasteiger partial charge in [0.25, 0.3) is 0 Å². The summed E-state index contributed by atoms with van der Waals surface area (Å²) in [5.74, 6) is 0.0147. The molecule has 0 saturated heterocycles. The van der Waals surface area contributed by atoms with Gasteiger partial charge in [-0.05, 0) is 39.4 Å². The lowest BCUT2D eigenvalue weighted by molar-refractivity contribution is -0.122. The average Bonchev–Trinajstić information content (AvgIpc) is 2.69. The van der Waals surface area contributed by atoms with Crippen molar-refractivity contribution in [1.82, 2.24) is 10.2 Å². The third kappa shape index (κ3) is 4.41. The molecule has 0 aliphatic carbocycles. The van der Waals surface area contributed by atoms with E-state index < -0.39 is 4.32 Å². The van der Waals surface area contributed by atoms with E-state index in [0.29, 0.717) is 6.54 Å². The number of hydrogen-bond acceptors (Lipinski definition) is 3. The van der Waals surface area contributed by atoms with Gasteiger partial charge in [0.05, 0.1) is 10.4 Å². The Labute approximate surface area is 115 Å². The van der Waals surface area contributed by atoms with E-state index in [1.54, 1.807) is 11.3 Å². The molecule has 1 unspecified atom stereocenters. The van der Waals surface area contributed by atoms with Gasteiger partial charge in [-0.2, -0.15) is 0 Å². The van der Waals surface area contributed by atoms with Crippen molar-refractivity contribution in [3.8, 4) is 0 Å². The molecule has 0 saturated carbocycles. The zero-order chi connectivity index (χ0) is 13.1. The predicted octanol–water partition coefficient (Wildman–Crippen LogP) is 2.64. The Bertz CT molecular complexity index is 357. The Morgan fingerprint density at radius 2 is 2.24 bits per heavy atom. The molecule has 1 atom stereocenters. The van der Waals surface area contributed by atoms with E-state index in [1.807, 2.05) is 34.0 Å². The number of hydrogen-bond donors (Lipinski definition) is 1. The fraction of sp³-hybridized carbons (Fsp3) is 0.583. The second-order valence-corrected chi connectivity index (χ2v) is 7.64. The normalized spacial score (nSPS) is 13.8. The van der Waals surface area contributed by atoms with Crippen LogP contribution in [0.1, 0.15) is 24.8 Å². The van der Waals surface area contributed by atoms with Crippen LogP contribution in [-0.4, -0.2) is 35.8 Å². The van der Waals surface area contributed by atoms with Gasteiger partial charge in [-0.3, -0.25) is 4.79 Å². The second-order valence-electron chi connectivity index (χ2n) is 4.68. The highest BCUT2D eigenvalue weighted by molar-refractivity contribution is 9.10. The van der Waals surface area contributed by atoms with Crippen molar-refractivity contribution in [3.05, 3.63) is 22.4 Å². The number of thiophene rings is 1. The molecular weight excluding hydrogens is 300 g/mol. The van der Waals surface area contributed by atoms with E-state index in [0.717, 1.165) is 0 Å².